The van der Waals surface area contributed by atoms with Crippen LogP contribution in [0.4, 0.5) is 0 Å². The third-order valence-electron chi connectivity index (χ3n) is 4.97. The van der Waals surface area contributed by atoms with Crippen LogP contribution in [0.2, 0.25) is 0 Å². The Kier molecular flexibility index (Phi) is 5.46. The van der Waals surface area contributed by atoms with Crippen LogP contribution in [0, 0.1) is 0 Å². The highest BCUT2D eigenvalue weighted by Gasteiger charge is 2.17. The first kappa shape index (κ1) is 19.5. The molecule has 152 valence electrons. The van der Waals surface area contributed by atoms with Gasteiger partial charge in [-0.3, -0.25) is 14.4 Å². The second-order valence-electron chi connectivity index (χ2n) is 6.94. The lowest BCUT2D eigenvalue weighted by molar-refractivity contribution is 0.345. The Morgan fingerprint density at radius 1 is 0.806 bits per heavy atom. The van der Waals surface area contributed by atoms with E-state index in [-0.39, 0.29) is 0 Å². The van der Waals surface area contributed by atoms with Crippen molar-refractivity contribution in [1.82, 2.24) is 19.4 Å². The Balaban J connectivity index is 1.60. The Labute approximate surface area is 188 Å². The van der Waals surface area contributed by atoms with Gasteiger partial charge in [0.2, 0.25) is 0 Å². The van der Waals surface area contributed by atoms with E-state index in [1.165, 1.54) is 0 Å². The zero-order valence-corrected chi connectivity index (χ0v) is 18.2. The lowest BCUT2D eigenvalue weighted by Crippen LogP contribution is -1.97. The molecular weight excluding hydrogens is 452 g/mol. The highest BCUT2D eigenvalue weighted by Crippen LogP contribution is 2.33. The fourth-order valence-electron chi connectivity index (χ4n) is 3.57. The summed E-state index contributed by atoms with van der Waals surface area (Å²) in [5.74, 6) is 0.846. The van der Waals surface area contributed by atoms with E-state index < -0.39 is 0 Å². The molecule has 0 bridgehead atoms. The highest BCUT2D eigenvalue weighted by molar-refractivity contribution is 9.09. The first-order valence-corrected chi connectivity index (χ1v) is 11.1. The molecular formula is C25H19BrN4O. The quantitative estimate of drug-likeness (QED) is 0.290. The molecule has 0 aliphatic rings. The number of fused-ring (bicyclic) bond motifs is 1. The molecule has 0 radical (unpaired) electrons. The van der Waals surface area contributed by atoms with Crippen LogP contribution in [-0.2, 0) is 0 Å². The first-order valence-electron chi connectivity index (χ1n) is 9.97. The van der Waals surface area contributed by atoms with Crippen molar-refractivity contribution in [2.24, 2.45) is 0 Å². The van der Waals surface area contributed by atoms with Crippen LogP contribution in [0.5, 0.6) is 5.75 Å². The van der Waals surface area contributed by atoms with Crippen molar-refractivity contribution >= 4 is 21.6 Å². The molecule has 0 unspecified atom stereocenters. The van der Waals surface area contributed by atoms with Gasteiger partial charge in [-0.25, -0.2) is 4.98 Å². The van der Waals surface area contributed by atoms with Crippen LogP contribution in [-0.4, -0.2) is 31.3 Å². The summed E-state index contributed by atoms with van der Waals surface area (Å²) < 4.78 is 7.75. The molecule has 31 heavy (non-hydrogen) atoms. The Bertz CT molecular complexity index is 1320. The molecule has 0 atom stereocenters. The van der Waals surface area contributed by atoms with Crippen LogP contribution < -0.4 is 4.74 Å². The van der Waals surface area contributed by atoms with Gasteiger partial charge in [-0.2, -0.15) is 0 Å². The minimum atomic E-state index is 0.637. The second kappa shape index (κ2) is 8.70. The van der Waals surface area contributed by atoms with E-state index in [9.17, 15) is 0 Å². The smallest absolute Gasteiger partial charge is 0.138 e. The predicted octanol–water partition coefficient (Wildman–Crippen LogP) is 5.90. The number of rotatable bonds is 6. The standard InChI is InChI=1S/C25H19BrN4O/c26-12-16-31-20-9-7-18(8-10-20)22-17-19(11-14-28-22)25-24(21-5-1-3-13-27-21)29-23-6-2-4-15-30(23)25/h1-11,13-15,17H,12,16H2. The predicted molar refractivity (Wildman–Crippen MR) is 126 cm³/mol. The number of pyridine rings is 3. The summed E-state index contributed by atoms with van der Waals surface area (Å²) in [6.45, 7) is 0.637. The number of nitrogens with zero attached hydrogens (tertiary/aromatic N) is 4. The van der Waals surface area contributed by atoms with Crippen LogP contribution in [0.25, 0.3) is 39.5 Å². The maximum absolute atomic E-state index is 5.66. The largest absolute Gasteiger partial charge is 0.493 e. The van der Waals surface area contributed by atoms with E-state index in [0.717, 1.165) is 50.6 Å². The van der Waals surface area contributed by atoms with Gasteiger partial charge in [0.15, 0.2) is 0 Å². The van der Waals surface area contributed by atoms with Crippen molar-refractivity contribution in [3.8, 4) is 39.7 Å². The van der Waals surface area contributed by atoms with Gasteiger partial charge in [0.25, 0.3) is 0 Å². The molecule has 0 spiro atoms. The van der Waals surface area contributed by atoms with Crippen LogP contribution >= 0.6 is 15.9 Å². The summed E-state index contributed by atoms with van der Waals surface area (Å²) in [6, 6.07) is 24.0. The second-order valence-corrected chi connectivity index (χ2v) is 7.74. The van der Waals surface area contributed by atoms with Crippen LogP contribution in [0.1, 0.15) is 0 Å². The van der Waals surface area contributed by atoms with Gasteiger partial charge in [0.1, 0.15) is 17.1 Å². The molecule has 1 aromatic carbocycles. The molecule has 5 aromatic rings. The lowest BCUT2D eigenvalue weighted by atomic mass is 10.0. The number of ether oxygens (including phenoxy) is 1. The number of alkyl halides is 1. The first-order chi connectivity index (χ1) is 15.3. The molecule has 4 aromatic heterocycles. The Morgan fingerprint density at radius 2 is 1.65 bits per heavy atom. The number of imidazole rings is 1. The summed E-state index contributed by atoms with van der Waals surface area (Å²) in [4.78, 5) is 14.0. The summed E-state index contributed by atoms with van der Waals surface area (Å²) in [5.41, 5.74) is 6.52. The monoisotopic (exact) mass is 470 g/mol. The van der Waals surface area contributed by atoms with Crippen molar-refractivity contribution in [2.45, 2.75) is 0 Å². The van der Waals surface area contributed by atoms with Gasteiger partial charge in [-0.1, -0.05) is 28.1 Å². The fourth-order valence-corrected chi connectivity index (χ4v) is 3.73. The normalized spacial score (nSPS) is 11.0. The van der Waals surface area contributed by atoms with Gasteiger partial charge >= 0.3 is 0 Å². The van der Waals surface area contributed by atoms with E-state index in [1.807, 2.05) is 79.1 Å². The number of aromatic nitrogens is 4. The average Bonchev–Trinajstić information content (AvgIpc) is 3.23. The third kappa shape index (κ3) is 3.94. The van der Waals surface area contributed by atoms with Crippen molar-refractivity contribution in [3.63, 3.8) is 0 Å². The van der Waals surface area contributed by atoms with Gasteiger partial charge in [-0.15, -0.1) is 0 Å². The molecule has 6 heteroatoms. The molecule has 0 N–H and O–H groups in total. The maximum Gasteiger partial charge on any atom is 0.138 e. The van der Waals surface area contributed by atoms with E-state index in [4.69, 9.17) is 9.72 Å². The Hall–Kier alpha value is -3.51. The molecule has 5 nitrogen and oxygen atoms in total. The van der Waals surface area contributed by atoms with Gasteiger partial charge in [0, 0.05) is 35.0 Å². The van der Waals surface area contributed by atoms with Crippen LogP contribution in [0.15, 0.2) is 91.4 Å². The van der Waals surface area contributed by atoms with Crippen LogP contribution in [0.3, 0.4) is 0 Å². The number of halogens is 1. The number of hydrogen-bond donors (Lipinski definition) is 0. The molecule has 0 amide bonds. The molecule has 0 aliphatic heterocycles. The van der Waals surface area contributed by atoms with E-state index in [0.29, 0.717) is 6.61 Å². The number of hydrogen-bond acceptors (Lipinski definition) is 4. The number of benzene rings is 1. The van der Waals surface area contributed by atoms with Gasteiger partial charge in [-0.05, 0) is 60.7 Å². The topological polar surface area (TPSA) is 52.3 Å². The summed E-state index contributed by atoms with van der Waals surface area (Å²) >= 11 is 3.38. The maximum atomic E-state index is 5.66. The van der Waals surface area contributed by atoms with E-state index >= 15 is 0 Å². The molecule has 5 rings (SSSR count). The zero-order chi connectivity index (χ0) is 21.0. The van der Waals surface area contributed by atoms with Crippen molar-refractivity contribution in [2.75, 3.05) is 11.9 Å². The molecule has 0 aliphatic carbocycles. The summed E-state index contributed by atoms with van der Waals surface area (Å²) in [5, 5.41) is 0.802. The third-order valence-corrected chi connectivity index (χ3v) is 5.29. The molecule has 4 heterocycles. The molecule has 0 fully saturated rings. The SMILES string of the molecule is BrCCOc1ccc(-c2cc(-c3c(-c4ccccn4)nc4ccccn34)ccn2)cc1. The fraction of sp³-hybridized carbons (Fsp3) is 0.0800. The van der Waals surface area contributed by atoms with Crippen molar-refractivity contribution < 1.29 is 4.74 Å². The van der Waals surface area contributed by atoms with Gasteiger partial charge in [0.05, 0.1) is 23.7 Å². The van der Waals surface area contributed by atoms with E-state index in [2.05, 4.69) is 36.4 Å². The highest BCUT2D eigenvalue weighted by atomic mass is 79.9. The molecule has 0 saturated heterocycles. The minimum Gasteiger partial charge on any atom is -0.493 e. The van der Waals surface area contributed by atoms with E-state index in [1.54, 1.807) is 6.20 Å². The van der Waals surface area contributed by atoms with Gasteiger partial charge < -0.3 is 4.74 Å². The zero-order valence-electron chi connectivity index (χ0n) is 16.6. The molecule has 0 saturated carbocycles. The summed E-state index contributed by atoms with van der Waals surface area (Å²) in [7, 11) is 0. The van der Waals surface area contributed by atoms with Crippen molar-refractivity contribution in [3.05, 3.63) is 91.4 Å². The lowest BCUT2D eigenvalue weighted by Gasteiger charge is -2.09. The Morgan fingerprint density at radius 3 is 2.45 bits per heavy atom. The average molecular weight is 471 g/mol. The minimum absolute atomic E-state index is 0.637. The van der Waals surface area contributed by atoms with Crippen molar-refractivity contribution in [1.29, 1.82) is 0 Å². The summed E-state index contributed by atoms with van der Waals surface area (Å²) in [6.07, 6.45) is 5.66.